The summed E-state index contributed by atoms with van der Waals surface area (Å²) in [6, 6.07) is 18.7. The highest BCUT2D eigenvalue weighted by molar-refractivity contribution is 5.90. The average molecular weight is 522 g/mol. The van der Waals surface area contributed by atoms with E-state index in [4.69, 9.17) is 4.74 Å². The van der Waals surface area contributed by atoms with E-state index in [0.717, 1.165) is 34.2 Å². The Morgan fingerprint density at radius 1 is 1.11 bits per heavy atom. The van der Waals surface area contributed by atoms with Gasteiger partial charge in [-0.15, -0.1) is 0 Å². The van der Waals surface area contributed by atoms with Gasteiger partial charge in [-0.2, -0.15) is 0 Å². The number of aliphatic hydroxyl groups is 1. The van der Waals surface area contributed by atoms with Crippen LogP contribution in [0, 0.1) is 12.7 Å². The first-order chi connectivity index (χ1) is 18.0. The number of ether oxygens (including phenoxy) is 1. The molecule has 204 valence electrons. The van der Waals surface area contributed by atoms with Crippen molar-refractivity contribution >= 4 is 5.97 Å². The third-order valence-electron chi connectivity index (χ3n) is 6.80. The Labute approximate surface area is 225 Å². The quantitative estimate of drug-likeness (QED) is 0.239. The van der Waals surface area contributed by atoms with E-state index in [9.17, 15) is 19.4 Å². The van der Waals surface area contributed by atoms with E-state index in [2.05, 4.69) is 5.32 Å². The Morgan fingerprint density at radius 2 is 1.84 bits per heavy atom. The molecule has 5 nitrogen and oxygen atoms in total. The summed E-state index contributed by atoms with van der Waals surface area (Å²) in [5.41, 5.74) is 5.25. The van der Waals surface area contributed by atoms with E-state index < -0.39 is 12.1 Å². The molecular formula is C32H40FNO4. The van der Waals surface area contributed by atoms with Gasteiger partial charge in [-0.05, 0) is 86.1 Å². The Morgan fingerprint density at radius 3 is 2.53 bits per heavy atom. The molecule has 0 amide bonds. The standard InChI is InChI=1S/C32H40FNO4/c1-6-9-24-17-25(14-15-29(24)31(36)37)28-11-8-7-10-27(28)22(3)38-20-26(35)19-34-32(4,5)18-23-13-12-21(2)30(33)16-23/h7-8,10-17,22,26,34-35H,6,9,18-20H2,1-5H3,(H,36,37)/t22-,26-/m1/s1. The fourth-order valence-electron chi connectivity index (χ4n) is 4.68. The summed E-state index contributed by atoms with van der Waals surface area (Å²) in [5.74, 6) is -1.12. The molecule has 3 N–H and O–H groups in total. The van der Waals surface area contributed by atoms with Crippen LogP contribution in [0.3, 0.4) is 0 Å². The number of carboxylic acid groups (broad SMARTS) is 1. The van der Waals surface area contributed by atoms with Crippen LogP contribution in [0.15, 0.2) is 60.7 Å². The molecule has 3 aromatic carbocycles. The summed E-state index contributed by atoms with van der Waals surface area (Å²) in [5, 5.41) is 23.5. The first kappa shape index (κ1) is 29.5. The second-order valence-corrected chi connectivity index (χ2v) is 10.7. The van der Waals surface area contributed by atoms with Gasteiger partial charge in [-0.1, -0.05) is 61.9 Å². The molecule has 0 radical (unpaired) electrons. The van der Waals surface area contributed by atoms with E-state index in [1.165, 1.54) is 0 Å². The van der Waals surface area contributed by atoms with E-state index in [1.807, 2.05) is 70.2 Å². The molecule has 0 aliphatic rings. The first-order valence-electron chi connectivity index (χ1n) is 13.3. The highest BCUT2D eigenvalue weighted by Crippen LogP contribution is 2.32. The third-order valence-corrected chi connectivity index (χ3v) is 6.80. The monoisotopic (exact) mass is 521 g/mol. The van der Waals surface area contributed by atoms with Crippen LogP contribution in [0.5, 0.6) is 0 Å². The fraction of sp³-hybridized carbons (Fsp3) is 0.406. The van der Waals surface area contributed by atoms with Crippen LogP contribution >= 0.6 is 0 Å². The molecule has 0 aliphatic carbocycles. The van der Waals surface area contributed by atoms with Gasteiger partial charge in [0.15, 0.2) is 0 Å². The summed E-state index contributed by atoms with van der Waals surface area (Å²) >= 11 is 0. The van der Waals surface area contributed by atoms with Crippen LogP contribution in [0.25, 0.3) is 11.1 Å². The zero-order valence-electron chi connectivity index (χ0n) is 23.1. The van der Waals surface area contributed by atoms with Crippen molar-refractivity contribution in [3.8, 4) is 11.1 Å². The highest BCUT2D eigenvalue weighted by Gasteiger charge is 2.21. The van der Waals surface area contributed by atoms with Crippen LogP contribution in [-0.4, -0.2) is 41.0 Å². The average Bonchev–Trinajstić information content (AvgIpc) is 2.88. The molecule has 0 unspecified atom stereocenters. The van der Waals surface area contributed by atoms with Gasteiger partial charge in [0.2, 0.25) is 0 Å². The van der Waals surface area contributed by atoms with Crippen molar-refractivity contribution in [3.63, 3.8) is 0 Å². The Balaban J connectivity index is 1.62. The molecule has 3 rings (SSSR count). The Bertz CT molecular complexity index is 1240. The number of carbonyl (C=O) groups is 1. The summed E-state index contributed by atoms with van der Waals surface area (Å²) in [7, 11) is 0. The van der Waals surface area contributed by atoms with E-state index in [-0.39, 0.29) is 24.1 Å². The number of rotatable bonds is 13. The Kier molecular flexibility index (Phi) is 10.2. The maximum Gasteiger partial charge on any atom is 0.335 e. The minimum absolute atomic E-state index is 0.150. The summed E-state index contributed by atoms with van der Waals surface area (Å²) < 4.78 is 20.0. The van der Waals surface area contributed by atoms with Crippen molar-refractivity contribution in [2.45, 2.75) is 71.6 Å². The van der Waals surface area contributed by atoms with Crippen LogP contribution in [0.2, 0.25) is 0 Å². The number of carboxylic acids is 1. The van der Waals surface area contributed by atoms with Gasteiger partial charge in [0, 0.05) is 12.1 Å². The van der Waals surface area contributed by atoms with E-state index in [0.29, 0.717) is 30.5 Å². The number of aromatic carboxylic acids is 1. The maximum atomic E-state index is 13.9. The minimum atomic E-state index is -0.915. The highest BCUT2D eigenvalue weighted by atomic mass is 19.1. The van der Waals surface area contributed by atoms with Gasteiger partial charge in [0.25, 0.3) is 0 Å². The van der Waals surface area contributed by atoms with Crippen molar-refractivity contribution in [3.05, 3.63) is 94.3 Å². The van der Waals surface area contributed by atoms with Gasteiger partial charge in [0.05, 0.1) is 24.4 Å². The zero-order valence-corrected chi connectivity index (χ0v) is 23.1. The summed E-state index contributed by atoms with van der Waals surface area (Å²) in [4.78, 5) is 11.6. The first-order valence-corrected chi connectivity index (χ1v) is 13.3. The van der Waals surface area contributed by atoms with E-state index >= 15 is 0 Å². The summed E-state index contributed by atoms with van der Waals surface area (Å²) in [6.07, 6.45) is 1.18. The van der Waals surface area contributed by atoms with Crippen LogP contribution in [0.1, 0.15) is 72.8 Å². The SMILES string of the molecule is CCCc1cc(-c2ccccc2[C@@H](C)OC[C@H](O)CNC(C)(C)Cc2ccc(C)c(F)c2)ccc1C(=O)O. The number of aryl methyl sites for hydroxylation is 2. The molecule has 0 aromatic heterocycles. The molecule has 3 aromatic rings. The van der Waals surface area contributed by atoms with Gasteiger partial charge in [0.1, 0.15) is 5.82 Å². The molecule has 0 aliphatic heterocycles. The van der Waals surface area contributed by atoms with Crippen molar-refractivity contribution < 1.29 is 24.1 Å². The smallest absolute Gasteiger partial charge is 0.335 e. The number of nitrogens with one attached hydrogen (secondary N) is 1. The molecule has 0 spiro atoms. The number of β-amino-alcohol motifs (C(OH)–C–C–N with tert-alkyl or cyclic N) is 1. The van der Waals surface area contributed by atoms with E-state index in [1.54, 1.807) is 25.1 Å². The van der Waals surface area contributed by atoms with Gasteiger partial charge >= 0.3 is 5.97 Å². The lowest BCUT2D eigenvalue weighted by Crippen LogP contribution is -2.46. The molecule has 0 saturated heterocycles. The van der Waals surface area contributed by atoms with Crippen molar-refractivity contribution in [1.82, 2.24) is 5.32 Å². The topological polar surface area (TPSA) is 78.8 Å². The van der Waals surface area contributed by atoms with Gasteiger partial charge < -0.3 is 20.3 Å². The lowest BCUT2D eigenvalue weighted by Gasteiger charge is -2.28. The second-order valence-electron chi connectivity index (χ2n) is 10.7. The van der Waals surface area contributed by atoms with Crippen molar-refractivity contribution in [1.29, 1.82) is 0 Å². The number of hydrogen-bond acceptors (Lipinski definition) is 4. The predicted molar refractivity (Wildman–Crippen MR) is 150 cm³/mol. The molecule has 2 atom stereocenters. The normalized spacial score (nSPS) is 13.3. The predicted octanol–water partition coefficient (Wildman–Crippen LogP) is 6.50. The number of halogens is 1. The Hall–Kier alpha value is -3.06. The molecule has 0 fully saturated rings. The van der Waals surface area contributed by atoms with Gasteiger partial charge in [-0.3, -0.25) is 0 Å². The molecule has 0 bridgehead atoms. The molecule has 38 heavy (non-hydrogen) atoms. The maximum absolute atomic E-state index is 13.9. The van der Waals surface area contributed by atoms with Crippen LogP contribution in [0.4, 0.5) is 4.39 Å². The number of benzene rings is 3. The van der Waals surface area contributed by atoms with Crippen molar-refractivity contribution in [2.24, 2.45) is 0 Å². The van der Waals surface area contributed by atoms with Crippen LogP contribution < -0.4 is 5.32 Å². The number of hydrogen-bond donors (Lipinski definition) is 3. The zero-order chi connectivity index (χ0) is 27.9. The lowest BCUT2D eigenvalue weighted by molar-refractivity contribution is -0.00397. The van der Waals surface area contributed by atoms with Crippen LogP contribution in [-0.2, 0) is 17.6 Å². The third kappa shape index (κ3) is 7.97. The fourth-order valence-corrected chi connectivity index (χ4v) is 4.68. The minimum Gasteiger partial charge on any atom is -0.478 e. The molecule has 6 heteroatoms. The largest absolute Gasteiger partial charge is 0.478 e. The van der Waals surface area contributed by atoms with Crippen molar-refractivity contribution in [2.75, 3.05) is 13.2 Å². The molecule has 0 heterocycles. The number of aliphatic hydroxyl groups excluding tert-OH is 1. The second kappa shape index (κ2) is 13.1. The lowest BCUT2D eigenvalue weighted by atomic mass is 9.92. The molecule has 0 saturated carbocycles. The van der Waals surface area contributed by atoms with Gasteiger partial charge in [-0.25, -0.2) is 9.18 Å². The summed E-state index contributed by atoms with van der Waals surface area (Å²) in [6.45, 7) is 10.3. The molecular weight excluding hydrogens is 481 g/mol.